The zero-order valence-corrected chi connectivity index (χ0v) is 18.5. The summed E-state index contributed by atoms with van der Waals surface area (Å²) in [4.78, 5) is 20.8. The summed E-state index contributed by atoms with van der Waals surface area (Å²) in [5.74, 6) is 2.06. The van der Waals surface area contributed by atoms with Crippen LogP contribution in [-0.2, 0) is 17.8 Å². The highest BCUT2D eigenvalue weighted by Crippen LogP contribution is 2.26. The van der Waals surface area contributed by atoms with Crippen molar-refractivity contribution in [2.24, 2.45) is 0 Å². The molecule has 0 radical (unpaired) electrons. The zero-order chi connectivity index (χ0) is 22.6. The fraction of sp³-hybridized carbons (Fsp3) is 0.409. The third-order valence-electron chi connectivity index (χ3n) is 5.75. The van der Waals surface area contributed by atoms with Gasteiger partial charge in [0, 0.05) is 44.8 Å². The Balaban J connectivity index is 1.42. The van der Waals surface area contributed by atoms with E-state index in [1.165, 1.54) is 0 Å². The van der Waals surface area contributed by atoms with Gasteiger partial charge in [0.2, 0.25) is 5.95 Å². The van der Waals surface area contributed by atoms with Crippen molar-refractivity contribution in [3.8, 4) is 5.82 Å². The molecular weight excluding hydrogens is 422 g/mol. The second kappa shape index (κ2) is 9.51. The summed E-state index contributed by atoms with van der Waals surface area (Å²) in [6.07, 6.45) is 7.81. The Kier molecular flexibility index (Phi) is 6.13. The first-order valence-electron chi connectivity index (χ1n) is 11.1. The number of nitrogens with zero attached hydrogens (tertiary/aromatic N) is 8. The van der Waals surface area contributed by atoms with E-state index in [2.05, 4.69) is 32.2 Å². The lowest BCUT2D eigenvalue weighted by Crippen LogP contribution is -2.47. The van der Waals surface area contributed by atoms with E-state index in [4.69, 9.17) is 14.7 Å². The van der Waals surface area contributed by atoms with Gasteiger partial charge in [-0.2, -0.15) is 15.1 Å². The molecule has 11 heteroatoms. The highest BCUT2D eigenvalue weighted by Gasteiger charge is 2.26. The molecule has 172 valence electrons. The van der Waals surface area contributed by atoms with Gasteiger partial charge in [0.1, 0.15) is 0 Å². The topological polar surface area (TPSA) is 119 Å². The molecule has 0 aliphatic carbocycles. The van der Waals surface area contributed by atoms with Crippen LogP contribution in [0.25, 0.3) is 17.0 Å². The minimum absolute atomic E-state index is 0.0334. The van der Waals surface area contributed by atoms with Gasteiger partial charge in [0.05, 0.1) is 25.6 Å². The number of nitrogens with one attached hydrogen (secondary N) is 1. The van der Waals surface area contributed by atoms with Crippen molar-refractivity contribution in [3.05, 3.63) is 48.7 Å². The van der Waals surface area contributed by atoms with Crippen molar-refractivity contribution >= 4 is 22.9 Å². The smallest absolute Gasteiger partial charge is 0.229 e. The van der Waals surface area contributed by atoms with Gasteiger partial charge in [-0.1, -0.05) is 6.07 Å². The summed E-state index contributed by atoms with van der Waals surface area (Å²) in [6, 6.07) is 5.85. The molecule has 1 aliphatic rings. The summed E-state index contributed by atoms with van der Waals surface area (Å²) in [5.41, 5.74) is 2.53. The molecule has 1 atom stereocenters. The van der Waals surface area contributed by atoms with Crippen molar-refractivity contribution in [2.45, 2.75) is 32.5 Å². The number of pyridine rings is 1. The van der Waals surface area contributed by atoms with Gasteiger partial charge in [-0.3, -0.25) is 0 Å². The maximum absolute atomic E-state index is 9.49. The quantitative estimate of drug-likeness (QED) is 0.414. The number of aliphatic hydroxyl groups is 1. The van der Waals surface area contributed by atoms with Crippen molar-refractivity contribution in [1.82, 2.24) is 34.3 Å². The minimum Gasteiger partial charge on any atom is -0.396 e. The van der Waals surface area contributed by atoms with E-state index in [9.17, 15) is 5.11 Å². The monoisotopic (exact) mass is 449 g/mol. The zero-order valence-electron chi connectivity index (χ0n) is 18.5. The Morgan fingerprint density at radius 3 is 2.94 bits per heavy atom. The number of aryl methyl sites for hydroxylation is 1. The molecule has 1 saturated heterocycles. The molecule has 33 heavy (non-hydrogen) atoms. The van der Waals surface area contributed by atoms with E-state index in [0.717, 1.165) is 29.1 Å². The molecule has 4 aromatic rings. The van der Waals surface area contributed by atoms with Crippen LogP contribution in [0.5, 0.6) is 0 Å². The van der Waals surface area contributed by atoms with E-state index in [0.29, 0.717) is 44.5 Å². The molecule has 2 N–H and O–H groups in total. The molecule has 1 fully saturated rings. The number of ether oxygens (including phenoxy) is 1. The average molecular weight is 450 g/mol. The van der Waals surface area contributed by atoms with Crippen LogP contribution in [-0.4, -0.2) is 71.8 Å². The number of morpholine rings is 1. The second-order valence-electron chi connectivity index (χ2n) is 7.84. The van der Waals surface area contributed by atoms with Crippen molar-refractivity contribution in [2.75, 3.05) is 36.6 Å². The fourth-order valence-electron chi connectivity index (χ4n) is 3.97. The number of anilines is 2. The lowest BCUT2D eigenvalue weighted by Gasteiger charge is -2.35. The Bertz CT molecular complexity index is 1190. The lowest BCUT2D eigenvalue weighted by atomic mass is 10.2. The van der Waals surface area contributed by atoms with Crippen LogP contribution in [0.15, 0.2) is 43.1 Å². The van der Waals surface area contributed by atoms with E-state index in [1.807, 2.05) is 35.2 Å². The molecule has 11 nitrogen and oxygen atoms in total. The summed E-state index contributed by atoms with van der Waals surface area (Å²) < 4.78 is 9.35. The van der Waals surface area contributed by atoms with Gasteiger partial charge in [-0.15, -0.1) is 0 Å². The third-order valence-corrected chi connectivity index (χ3v) is 5.75. The standard InChI is InChI=1S/C22H27N9O2/c1-2-29-15-25-19-20(24-13-16-4-5-18(23-12-16)31-8-3-7-26-31)27-22(28-21(19)29)30-9-11-33-14-17(30)6-10-32/h3-5,7-8,12,15,17,32H,2,6,9-11,13-14H2,1H3,(H,24,27,28)/t17-/m1/s1. The van der Waals surface area contributed by atoms with E-state index in [-0.39, 0.29) is 12.6 Å². The predicted molar refractivity (Wildman–Crippen MR) is 123 cm³/mol. The SMILES string of the molecule is CCn1cnc2c(NCc3ccc(-n4cccn4)nc3)nc(N3CCOC[C@H]3CCO)nc21. The van der Waals surface area contributed by atoms with E-state index >= 15 is 0 Å². The Hall–Kier alpha value is -3.57. The van der Waals surface area contributed by atoms with Gasteiger partial charge < -0.3 is 24.6 Å². The molecule has 5 heterocycles. The highest BCUT2D eigenvalue weighted by molar-refractivity contribution is 5.84. The van der Waals surface area contributed by atoms with Crippen molar-refractivity contribution < 1.29 is 9.84 Å². The second-order valence-corrected chi connectivity index (χ2v) is 7.84. The van der Waals surface area contributed by atoms with Gasteiger partial charge in [-0.05, 0) is 31.0 Å². The fourth-order valence-corrected chi connectivity index (χ4v) is 3.97. The van der Waals surface area contributed by atoms with Crippen LogP contribution in [0.3, 0.4) is 0 Å². The Morgan fingerprint density at radius 2 is 2.18 bits per heavy atom. The lowest BCUT2D eigenvalue weighted by molar-refractivity contribution is 0.0841. The van der Waals surface area contributed by atoms with Crippen LogP contribution in [0.4, 0.5) is 11.8 Å². The largest absolute Gasteiger partial charge is 0.396 e. The molecule has 0 saturated carbocycles. The minimum atomic E-state index is 0.0334. The third kappa shape index (κ3) is 4.37. The van der Waals surface area contributed by atoms with Crippen LogP contribution in [0.2, 0.25) is 0 Å². The summed E-state index contributed by atoms with van der Waals surface area (Å²) in [6.45, 7) is 5.28. The first-order valence-corrected chi connectivity index (χ1v) is 11.1. The Labute approximate surface area is 191 Å². The number of fused-ring (bicyclic) bond motifs is 1. The van der Waals surface area contributed by atoms with Crippen molar-refractivity contribution in [3.63, 3.8) is 0 Å². The van der Waals surface area contributed by atoms with Gasteiger partial charge in [0.15, 0.2) is 22.8 Å². The van der Waals surface area contributed by atoms with Gasteiger partial charge >= 0.3 is 0 Å². The number of aromatic nitrogens is 7. The number of rotatable bonds is 8. The number of hydrogen-bond acceptors (Lipinski definition) is 9. The predicted octanol–water partition coefficient (Wildman–Crippen LogP) is 1.63. The molecular formula is C22H27N9O2. The summed E-state index contributed by atoms with van der Waals surface area (Å²) in [7, 11) is 0. The van der Waals surface area contributed by atoms with Crippen LogP contribution in [0.1, 0.15) is 18.9 Å². The molecule has 0 bridgehead atoms. The average Bonchev–Trinajstić information content (AvgIpc) is 3.54. The normalized spacial score (nSPS) is 16.4. The highest BCUT2D eigenvalue weighted by atomic mass is 16.5. The first-order chi connectivity index (χ1) is 16.3. The van der Waals surface area contributed by atoms with Gasteiger partial charge in [-0.25, -0.2) is 14.6 Å². The molecule has 0 spiro atoms. The Morgan fingerprint density at radius 1 is 1.24 bits per heavy atom. The maximum atomic E-state index is 9.49. The molecule has 1 aliphatic heterocycles. The summed E-state index contributed by atoms with van der Waals surface area (Å²) in [5, 5.41) is 17.1. The summed E-state index contributed by atoms with van der Waals surface area (Å²) >= 11 is 0. The number of aliphatic hydroxyl groups excluding tert-OH is 1. The van der Waals surface area contributed by atoms with Crippen LogP contribution < -0.4 is 10.2 Å². The van der Waals surface area contributed by atoms with Gasteiger partial charge in [0.25, 0.3) is 0 Å². The van der Waals surface area contributed by atoms with E-state index in [1.54, 1.807) is 17.2 Å². The number of hydrogen-bond donors (Lipinski definition) is 2. The van der Waals surface area contributed by atoms with E-state index < -0.39 is 0 Å². The maximum Gasteiger partial charge on any atom is 0.229 e. The number of imidazole rings is 1. The molecule has 4 aromatic heterocycles. The molecule has 5 rings (SSSR count). The van der Waals surface area contributed by atoms with Crippen molar-refractivity contribution in [1.29, 1.82) is 0 Å². The first kappa shape index (κ1) is 21.3. The molecule has 0 unspecified atom stereocenters. The molecule has 0 aromatic carbocycles. The molecule has 0 amide bonds. The van der Waals surface area contributed by atoms with Crippen LogP contribution in [0, 0.1) is 0 Å². The van der Waals surface area contributed by atoms with Crippen LogP contribution >= 0.6 is 0 Å².